The van der Waals surface area contributed by atoms with Gasteiger partial charge in [0.05, 0.1) is 4.92 Å². The Hall–Kier alpha value is -4.81. The fraction of sp³-hybridized carbons (Fsp3) is 0.292. The molecule has 2 amide bonds. The average molecular weight is 514 g/mol. The molecule has 0 bridgehead atoms. The van der Waals surface area contributed by atoms with Crippen LogP contribution in [-0.2, 0) is 4.74 Å². The van der Waals surface area contributed by atoms with Crippen molar-refractivity contribution in [3.8, 4) is 34.3 Å². The van der Waals surface area contributed by atoms with E-state index >= 15 is 0 Å². The van der Waals surface area contributed by atoms with Crippen molar-refractivity contribution in [2.75, 3.05) is 20.1 Å². The largest absolute Gasteiger partial charge is 0.508 e. The first kappa shape index (κ1) is 26.8. The van der Waals surface area contributed by atoms with Crippen molar-refractivity contribution in [3.05, 3.63) is 58.3 Å². The third-order valence-electron chi connectivity index (χ3n) is 4.77. The molecule has 196 valence electrons. The normalized spacial score (nSPS) is 11.0. The van der Waals surface area contributed by atoms with Crippen molar-refractivity contribution in [1.82, 2.24) is 15.4 Å². The summed E-state index contributed by atoms with van der Waals surface area (Å²) < 4.78 is 16.2. The first-order valence-corrected chi connectivity index (χ1v) is 11.0. The Kier molecular flexibility index (Phi) is 7.85. The number of aromatic hydroxyl groups is 2. The SMILES string of the molecule is CN(CCNC(=O)c1cc(-c2c(O)cc(O)cc2Oc2ccc([N+](=O)[O-])cc2)on1)C(=O)OC(C)(C)C. The fourth-order valence-electron chi connectivity index (χ4n) is 3.04. The van der Waals surface area contributed by atoms with E-state index in [1.807, 2.05) is 0 Å². The van der Waals surface area contributed by atoms with E-state index in [0.29, 0.717) is 0 Å². The second-order valence-electron chi connectivity index (χ2n) is 8.93. The Bertz CT molecular complexity index is 1300. The molecule has 13 nitrogen and oxygen atoms in total. The molecule has 37 heavy (non-hydrogen) atoms. The van der Waals surface area contributed by atoms with Crippen LogP contribution in [0.5, 0.6) is 23.0 Å². The Morgan fingerprint density at radius 2 is 1.84 bits per heavy atom. The van der Waals surface area contributed by atoms with Crippen LogP contribution in [0.25, 0.3) is 11.3 Å². The molecule has 0 unspecified atom stereocenters. The molecule has 2 aromatic carbocycles. The van der Waals surface area contributed by atoms with Crippen LogP contribution in [0.4, 0.5) is 10.5 Å². The molecule has 0 saturated carbocycles. The lowest BCUT2D eigenvalue weighted by Crippen LogP contribution is -2.39. The topological polar surface area (TPSA) is 177 Å². The zero-order valence-electron chi connectivity index (χ0n) is 20.5. The van der Waals surface area contributed by atoms with Crippen molar-refractivity contribution in [3.63, 3.8) is 0 Å². The molecule has 0 aliphatic rings. The fourth-order valence-corrected chi connectivity index (χ4v) is 3.04. The minimum Gasteiger partial charge on any atom is -0.508 e. The highest BCUT2D eigenvalue weighted by Crippen LogP contribution is 2.43. The molecule has 3 aromatic rings. The Balaban J connectivity index is 1.72. The quantitative estimate of drug-likeness (QED) is 0.293. The number of likely N-dealkylation sites (N-methyl/N-ethyl adjacent to an activating group) is 1. The van der Waals surface area contributed by atoms with E-state index in [-0.39, 0.29) is 53.0 Å². The molecular formula is C24H26N4O9. The maximum absolute atomic E-state index is 12.5. The molecule has 0 atom stereocenters. The molecule has 3 N–H and O–H groups in total. The van der Waals surface area contributed by atoms with Gasteiger partial charge in [0.25, 0.3) is 11.6 Å². The van der Waals surface area contributed by atoms with Crippen molar-refractivity contribution in [1.29, 1.82) is 0 Å². The number of nitro groups is 1. The number of nitrogens with zero attached hydrogens (tertiary/aromatic N) is 3. The van der Waals surface area contributed by atoms with Crippen LogP contribution < -0.4 is 10.1 Å². The van der Waals surface area contributed by atoms with Gasteiger partial charge in [-0.05, 0) is 32.9 Å². The number of non-ortho nitro benzene ring substituents is 1. The lowest BCUT2D eigenvalue weighted by molar-refractivity contribution is -0.384. The highest BCUT2D eigenvalue weighted by atomic mass is 16.6. The van der Waals surface area contributed by atoms with Crippen molar-refractivity contribution >= 4 is 17.7 Å². The van der Waals surface area contributed by atoms with Gasteiger partial charge in [0.15, 0.2) is 11.5 Å². The van der Waals surface area contributed by atoms with Gasteiger partial charge in [-0.2, -0.15) is 0 Å². The highest BCUT2D eigenvalue weighted by molar-refractivity contribution is 5.93. The Morgan fingerprint density at radius 1 is 1.16 bits per heavy atom. The number of hydrogen-bond acceptors (Lipinski definition) is 10. The number of nitrogens with one attached hydrogen (secondary N) is 1. The number of phenolic OH excluding ortho intramolecular Hbond substituents is 2. The molecule has 13 heteroatoms. The lowest BCUT2D eigenvalue weighted by atomic mass is 10.1. The predicted molar refractivity (Wildman–Crippen MR) is 130 cm³/mol. The third-order valence-corrected chi connectivity index (χ3v) is 4.77. The summed E-state index contributed by atoms with van der Waals surface area (Å²) in [6.07, 6.45) is -0.533. The number of rotatable bonds is 8. The summed E-state index contributed by atoms with van der Waals surface area (Å²) in [6.45, 7) is 5.53. The number of nitro benzene ring substituents is 1. The highest BCUT2D eigenvalue weighted by Gasteiger charge is 2.23. The van der Waals surface area contributed by atoms with Gasteiger partial charge in [-0.1, -0.05) is 5.16 Å². The lowest BCUT2D eigenvalue weighted by Gasteiger charge is -2.24. The number of carbonyl (C=O) groups excluding carboxylic acids is 2. The number of carbonyl (C=O) groups is 2. The van der Waals surface area contributed by atoms with Crippen LogP contribution >= 0.6 is 0 Å². The maximum Gasteiger partial charge on any atom is 0.410 e. The molecule has 1 aromatic heterocycles. The first-order valence-electron chi connectivity index (χ1n) is 11.0. The van der Waals surface area contributed by atoms with E-state index in [0.717, 1.165) is 6.07 Å². The average Bonchev–Trinajstić information content (AvgIpc) is 3.27. The van der Waals surface area contributed by atoms with Crippen LogP contribution in [0.15, 0.2) is 47.0 Å². The van der Waals surface area contributed by atoms with Crippen LogP contribution in [0, 0.1) is 10.1 Å². The molecule has 0 saturated heterocycles. The monoisotopic (exact) mass is 514 g/mol. The Labute approximate surface area is 211 Å². The van der Waals surface area contributed by atoms with Crippen molar-refractivity contribution in [2.45, 2.75) is 26.4 Å². The Morgan fingerprint density at radius 3 is 2.46 bits per heavy atom. The summed E-state index contributed by atoms with van der Waals surface area (Å²) in [7, 11) is 1.54. The van der Waals surface area contributed by atoms with Gasteiger partial charge in [-0.3, -0.25) is 14.9 Å². The van der Waals surface area contributed by atoms with Crippen LogP contribution in [0.2, 0.25) is 0 Å². The number of ether oxygens (including phenoxy) is 2. The summed E-state index contributed by atoms with van der Waals surface area (Å²) in [5.41, 5.74) is -0.905. The van der Waals surface area contributed by atoms with Crippen LogP contribution in [0.1, 0.15) is 31.3 Å². The number of benzene rings is 2. The number of hydrogen-bond donors (Lipinski definition) is 3. The molecule has 0 aliphatic carbocycles. The van der Waals surface area contributed by atoms with Crippen LogP contribution in [-0.4, -0.2) is 62.9 Å². The van der Waals surface area contributed by atoms with Gasteiger partial charge in [-0.15, -0.1) is 0 Å². The summed E-state index contributed by atoms with van der Waals surface area (Å²) in [5, 5.41) is 37.5. The van der Waals surface area contributed by atoms with E-state index in [1.54, 1.807) is 20.8 Å². The molecule has 3 rings (SSSR count). The predicted octanol–water partition coefficient (Wildman–Crippen LogP) is 4.05. The zero-order chi connectivity index (χ0) is 27.3. The van der Waals surface area contributed by atoms with E-state index in [1.165, 1.54) is 48.3 Å². The van der Waals surface area contributed by atoms with Gasteiger partial charge >= 0.3 is 6.09 Å². The van der Waals surface area contributed by atoms with Gasteiger partial charge < -0.3 is 34.4 Å². The molecule has 0 fully saturated rings. The van der Waals surface area contributed by atoms with Gasteiger partial charge in [0.2, 0.25) is 0 Å². The molecular weight excluding hydrogens is 488 g/mol. The molecule has 0 aliphatic heterocycles. The molecule has 0 spiro atoms. The van der Waals surface area contributed by atoms with Gasteiger partial charge in [0, 0.05) is 50.5 Å². The third kappa shape index (κ3) is 7.10. The van der Waals surface area contributed by atoms with Crippen LogP contribution in [0.3, 0.4) is 0 Å². The van der Waals surface area contributed by atoms with Gasteiger partial charge in [0.1, 0.15) is 34.2 Å². The van der Waals surface area contributed by atoms with E-state index < -0.39 is 28.3 Å². The summed E-state index contributed by atoms with van der Waals surface area (Å²) in [5.74, 6) is -1.23. The smallest absolute Gasteiger partial charge is 0.410 e. The number of aromatic nitrogens is 1. The van der Waals surface area contributed by atoms with E-state index in [4.69, 9.17) is 14.0 Å². The zero-order valence-corrected chi connectivity index (χ0v) is 20.5. The van der Waals surface area contributed by atoms with E-state index in [2.05, 4.69) is 10.5 Å². The summed E-state index contributed by atoms with van der Waals surface area (Å²) in [6, 6.07) is 8.66. The summed E-state index contributed by atoms with van der Waals surface area (Å²) in [4.78, 5) is 36.1. The van der Waals surface area contributed by atoms with Crippen molar-refractivity contribution < 1.29 is 38.7 Å². The first-order chi connectivity index (χ1) is 17.3. The minimum atomic E-state index is -0.646. The number of phenols is 2. The molecule has 1 heterocycles. The maximum atomic E-state index is 12.5. The van der Waals surface area contributed by atoms with E-state index in [9.17, 15) is 29.9 Å². The number of amides is 2. The second kappa shape index (κ2) is 10.8. The van der Waals surface area contributed by atoms with Gasteiger partial charge in [-0.25, -0.2) is 4.79 Å². The minimum absolute atomic E-state index is 0.00707. The standard InChI is InChI=1S/C24H26N4O9/c1-24(2,3)36-23(32)27(4)10-9-25-22(31)17-13-20(37-26-17)21-18(30)11-15(29)12-19(21)35-16-7-5-14(6-8-16)28(33)34/h5-8,11-13,29-30H,9-10H2,1-4H3,(H,25,31). The van der Waals surface area contributed by atoms with Crippen molar-refractivity contribution in [2.24, 2.45) is 0 Å². The summed E-state index contributed by atoms with van der Waals surface area (Å²) >= 11 is 0. The molecule has 0 radical (unpaired) electrons. The second-order valence-corrected chi connectivity index (χ2v) is 8.93.